The third-order valence-electron chi connectivity index (χ3n) is 5.38. The number of amides is 1. The van der Waals surface area contributed by atoms with Gasteiger partial charge in [-0.25, -0.2) is 9.99 Å². The van der Waals surface area contributed by atoms with Crippen molar-refractivity contribution in [3.05, 3.63) is 59.1 Å². The lowest BCUT2D eigenvalue weighted by Gasteiger charge is -2.21. The zero-order chi connectivity index (χ0) is 22.3. The van der Waals surface area contributed by atoms with E-state index in [1.807, 2.05) is 24.3 Å². The van der Waals surface area contributed by atoms with Gasteiger partial charge in [-0.3, -0.25) is 4.79 Å². The molecule has 0 radical (unpaired) electrons. The third kappa shape index (κ3) is 5.69. The number of halogens is 1. The monoisotopic (exact) mass is 469 g/mol. The quantitative estimate of drug-likeness (QED) is 0.238. The van der Waals surface area contributed by atoms with Crippen molar-refractivity contribution in [3.8, 4) is 17.1 Å². The predicted molar refractivity (Wildman–Crippen MR) is 124 cm³/mol. The van der Waals surface area contributed by atoms with Gasteiger partial charge in [0.2, 0.25) is 0 Å². The molecule has 1 aromatic heterocycles. The van der Waals surface area contributed by atoms with Crippen LogP contribution in [0.4, 0.5) is 0 Å². The average molecular weight is 470 g/mol. The number of benzene rings is 2. The van der Waals surface area contributed by atoms with Gasteiger partial charge in [-0.05, 0) is 67.3 Å². The van der Waals surface area contributed by atoms with E-state index in [0.717, 1.165) is 34.9 Å². The van der Waals surface area contributed by atoms with Gasteiger partial charge in [0.25, 0.3) is 11.7 Å². The van der Waals surface area contributed by atoms with Crippen LogP contribution in [-0.2, 0) is 4.79 Å². The van der Waals surface area contributed by atoms with Crippen LogP contribution in [0, 0.1) is 0 Å². The van der Waals surface area contributed by atoms with Crippen LogP contribution in [0.25, 0.3) is 11.4 Å². The van der Waals surface area contributed by atoms with Crippen LogP contribution < -0.4 is 15.1 Å². The van der Waals surface area contributed by atoms with Gasteiger partial charge < -0.3 is 5.11 Å². The van der Waals surface area contributed by atoms with Crippen molar-refractivity contribution in [1.29, 1.82) is 0 Å². The molecule has 166 valence electrons. The van der Waals surface area contributed by atoms with Gasteiger partial charge in [0.15, 0.2) is 0 Å². The van der Waals surface area contributed by atoms with Crippen molar-refractivity contribution in [2.75, 3.05) is 5.75 Å². The van der Waals surface area contributed by atoms with Crippen molar-refractivity contribution in [2.45, 2.75) is 43.3 Å². The Hall–Kier alpha value is -2.84. The van der Waals surface area contributed by atoms with E-state index in [4.69, 9.17) is 11.6 Å². The molecule has 1 aliphatic carbocycles. The highest BCUT2D eigenvalue weighted by Gasteiger charge is 2.30. The van der Waals surface area contributed by atoms with E-state index in [1.165, 1.54) is 49.4 Å². The van der Waals surface area contributed by atoms with Crippen LogP contribution in [0.1, 0.15) is 43.7 Å². The van der Waals surface area contributed by atoms with E-state index < -0.39 is 0 Å². The minimum atomic E-state index is -0.224. The van der Waals surface area contributed by atoms with E-state index in [-0.39, 0.29) is 17.4 Å². The number of carbonyl (C=O) groups excluding carboxylic acids is 1. The van der Waals surface area contributed by atoms with Gasteiger partial charge in [0.1, 0.15) is 0 Å². The number of thioether (sulfide) groups is 1. The fourth-order valence-electron chi connectivity index (χ4n) is 3.79. The van der Waals surface area contributed by atoms with E-state index in [2.05, 4.69) is 25.3 Å². The molecule has 1 saturated carbocycles. The number of hydrogen-bond donors (Lipinski definition) is 2. The molecule has 0 bridgehead atoms. The number of aromatic amines is 1. The minimum absolute atomic E-state index is 0.0640. The molecule has 1 fully saturated rings. The lowest BCUT2D eigenvalue weighted by atomic mass is 9.95. The summed E-state index contributed by atoms with van der Waals surface area (Å²) in [6, 6.07) is 14.3. The van der Waals surface area contributed by atoms with Crippen LogP contribution in [-0.4, -0.2) is 28.1 Å². The Kier molecular flexibility index (Phi) is 7.44. The molecule has 1 amide bonds. The molecule has 32 heavy (non-hydrogen) atoms. The smallest absolute Gasteiger partial charge is 0.337 e. The molecule has 2 N–H and O–H groups in total. The molecule has 9 heteroatoms. The van der Waals surface area contributed by atoms with Crippen LogP contribution in [0.3, 0.4) is 0 Å². The molecule has 0 spiro atoms. The van der Waals surface area contributed by atoms with E-state index in [0.29, 0.717) is 11.1 Å². The molecule has 7 nitrogen and oxygen atoms in total. The average Bonchev–Trinajstić information content (AvgIpc) is 3.24. The highest BCUT2D eigenvalue weighted by Crippen LogP contribution is 2.29. The second kappa shape index (κ2) is 10.7. The number of carbonyl (C=O) groups is 1. The topological polar surface area (TPSA) is 97.1 Å². The van der Waals surface area contributed by atoms with Gasteiger partial charge in [-0.1, -0.05) is 42.3 Å². The van der Waals surface area contributed by atoms with E-state index in [1.54, 1.807) is 12.1 Å². The Balaban J connectivity index is 1.44. The Bertz CT molecular complexity index is 1080. The number of aromatic nitrogens is 3. The predicted octanol–water partition coefficient (Wildman–Crippen LogP) is 3.84. The number of H-pyrrole nitrogens is 1. The second-order valence-corrected chi connectivity index (χ2v) is 9.05. The maximum absolute atomic E-state index is 12.3. The van der Waals surface area contributed by atoms with Gasteiger partial charge in [0, 0.05) is 5.02 Å². The van der Waals surface area contributed by atoms with Gasteiger partial charge in [-0.15, -0.1) is 10.8 Å². The molecule has 4 rings (SSSR count). The number of nitrogens with zero attached hydrogens (tertiary/aromatic N) is 3. The normalized spacial score (nSPS) is 14.7. The summed E-state index contributed by atoms with van der Waals surface area (Å²) in [7, 11) is 0. The number of hydrogen-bond acceptors (Lipinski definition) is 5. The van der Waals surface area contributed by atoms with E-state index in [9.17, 15) is 9.90 Å². The summed E-state index contributed by atoms with van der Waals surface area (Å²) in [4.78, 5) is 12.3. The summed E-state index contributed by atoms with van der Waals surface area (Å²) < 4.78 is 2.23. The van der Waals surface area contributed by atoms with Crippen molar-refractivity contribution >= 4 is 35.5 Å². The van der Waals surface area contributed by atoms with Gasteiger partial charge in [-0.2, -0.15) is 5.10 Å². The molecular formula is C23H24ClN5O2S. The van der Waals surface area contributed by atoms with Crippen molar-refractivity contribution in [3.63, 3.8) is 0 Å². The minimum Gasteiger partial charge on any atom is -0.872 e. The van der Waals surface area contributed by atoms with E-state index >= 15 is 0 Å². The van der Waals surface area contributed by atoms with Crippen molar-refractivity contribution < 1.29 is 14.5 Å². The molecule has 2 aromatic carbocycles. The molecular weight excluding hydrogens is 446 g/mol. The highest BCUT2D eigenvalue weighted by atomic mass is 35.5. The zero-order valence-corrected chi connectivity index (χ0v) is 19.0. The Morgan fingerprint density at radius 3 is 2.62 bits per heavy atom. The Morgan fingerprint density at radius 1 is 1.19 bits per heavy atom. The highest BCUT2D eigenvalue weighted by molar-refractivity contribution is 7.99. The molecule has 0 unspecified atom stereocenters. The van der Waals surface area contributed by atoms with Gasteiger partial charge >= 0.3 is 5.16 Å². The number of nitrogens with one attached hydrogen (secondary N) is 2. The van der Waals surface area contributed by atoms with Gasteiger partial charge in [0.05, 0.1) is 28.7 Å². The van der Waals surface area contributed by atoms with Crippen LogP contribution >= 0.6 is 23.4 Å². The Morgan fingerprint density at radius 2 is 1.91 bits per heavy atom. The fraction of sp³-hybridized carbons (Fsp3) is 0.304. The van der Waals surface area contributed by atoms with Crippen molar-refractivity contribution in [1.82, 2.24) is 15.6 Å². The molecule has 1 aliphatic rings. The molecule has 0 atom stereocenters. The van der Waals surface area contributed by atoms with Crippen LogP contribution in [0.2, 0.25) is 5.02 Å². The molecule has 0 saturated heterocycles. The summed E-state index contributed by atoms with van der Waals surface area (Å²) >= 11 is 7.44. The molecule has 0 aliphatic heterocycles. The maximum Gasteiger partial charge on any atom is 0.337 e. The molecule has 3 aromatic rings. The lowest BCUT2D eigenvalue weighted by molar-refractivity contribution is -0.749. The largest absolute Gasteiger partial charge is 0.872 e. The number of rotatable bonds is 7. The molecule has 1 heterocycles. The maximum atomic E-state index is 12.3. The zero-order valence-electron chi connectivity index (χ0n) is 17.5. The third-order valence-corrected chi connectivity index (χ3v) is 6.58. The second-order valence-electron chi connectivity index (χ2n) is 7.67. The number of hydrazone groups is 1. The summed E-state index contributed by atoms with van der Waals surface area (Å²) in [6.45, 7) is 0. The van der Waals surface area contributed by atoms with Crippen LogP contribution in [0.15, 0.2) is 58.8 Å². The summed E-state index contributed by atoms with van der Waals surface area (Å²) in [5, 5.41) is 24.3. The first-order chi connectivity index (χ1) is 15.6. The SMILES string of the molecule is O=C(CSc1n[nH]c(-c2ccc(Cl)cc2)[n+]1C1CCCCC1)N/N=C/c1ccc([O-])cc1. The van der Waals surface area contributed by atoms with Crippen molar-refractivity contribution in [2.24, 2.45) is 5.10 Å². The summed E-state index contributed by atoms with van der Waals surface area (Å²) in [5.41, 5.74) is 4.28. The summed E-state index contributed by atoms with van der Waals surface area (Å²) in [5.74, 6) is 0.828. The standard InChI is InChI=1S/C23H24ClN5O2S/c24-18-10-8-17(9-11-18)22-27-28-23(29(22)19-4-2-1-3-5-19)32-15-21(31)26-25-14-16-6-12-20(30)13-7-16/h6-14,19H,1-5,15H2,(H2,25,26,30,31). The first-order valence-corrected chi connectivity index (χ1v) is 11.9. The first-order valence-electron chi connectivity index (χ1n) is 10.6. The fourth-order valence-corrected chi connectivity index (χ4v) is 4.73. The lowest BCUT2D eigenvalue weighted by Crippen LogP contribution is -2.43. The Labute approximate surface area is 195 Å². The summed E-state index contributed by atoms with van der Waals surface area (Å²) in [6.07, 6.45) is 7.34. The first kappa shape index (κ1) is 22.4. The van der Waals surface area contributed by atoms with Crippen LogP contribution in [0.5, 0.6) is 5.75 Å².